The predicted molar refractivity (Wildman–Crippen MR) is 77.8 cm³/mol. The fourth-order valence-electron chi connectivity index (χ4n) is 2.42. The molecule has 0 radical (unpaired) electrons. The van der Waals surface area contributed by atoms with Gasteiger partial charge in [0.15, 0.2) is 0 Å². The van der Waals surface area contributed by atoms with Gasteiger partial charge in [0, 0.05) is 30.7 Å². The summed E-state index contributed by atoms with van der Waals surface area (Å²) in [4.78, 5) is 29.5. The van der Waals surface area contributed by atoms with Crippen molar-refractivity contribution >= 4 is 16.8 Å². The third kappa shape index (κ3) is 2.50. The van der Waals surface area contributed by atoms with Crippen molar-refractivity contribution in [3.63, 3.8) is 0 Å². The van der Waals surface area contributed by atoms with Gasteiger partial charge in [-0.15, -0.1) is 0 Å². The Morgan fingerprint density at radius 1 is 1.33 bits per heavy atom. The van der Waals surface area contributed by atoms with Crippen molar-refractivity contribution in [2.45, 2.75) is 0 Å². The summed E-state index contributed by atoms with van der Waals surface area (Å²) in [6, 6.07) is 5.11. The Morgan fingerprint density at radius 3 is 2.81 bits per heavy atom. The molecule has 1 fully saturated rings. The average Bonchev–Trinajstić information content (AvgIpc) is 2.55. The van der Waals surface area contributed by atoms with Crippen LogP contribution >= 0.6 is 0 Å². The van der Waals surface area contributed by atoms with Crippen LogP contribution in [0.3, 0.4) is 0 Å². The zero-order valence-electron chi connectivity index (χ0n) is 11.7. The van der Waals surface area contributed by atoms with Gasteiger partial charge in [-0.1, -0.05) is 0 Å². The van der Waals surface area contributed by atoms with E-state index >= 15 is 0 Å². The lowest BCUT2D eigenvalue weighted by Crippen LogP contribution is -2.42. The fourth-order valence-corrected chi connectivity index (χ4v) is 2.42. The Balaban J connectivity index is 2.01. The molecule has 6 heteroatoms. The molecule has 0 spiro atoms. The molecule has 2 heterocycles. The molecule has 0 aliphatic carbocycles. The first-order valence-corrected chi connectivity index (χ1v) is 6.77. The Hall–Kier alpha value is -2.34. The standard InChI is InChI=1S/C15H16N2O4/c1-20-10-2-3-11-13(8-10)16-9-12(14(11)18)15(19)17-4-6-21-7-5-17/h2-3,8-9H,4-7H2,1H3,(H,16,18). The van der Waals surface area contributed by atoms with Crippen LogP contribution in [0.4, 0.5) is 0 Å². The second-order valence-electron chi connectivity index (χ2n) is 4.85. The van der Waals surface area contributed by atoms with Gasteiger partial charge in [0.1, 0.15) is 11.3 Å². The SMILES string of the molecule is COc1ccc2c(=O)c(C(=O)N3CCOCC3)c[nH]c2c1. The lowest BCUT2D eigenvalue weighted by Gasteiger charge is -2.26. The molecule has 0 unspecified atom stereocenters. The van der Waals surface area contributed by atoms with Crippen molar-refractivity contribution in [1.82, 2.24) is 9.88 Å². The van der Waals surface area contributed by atoms with Crippen molar-refractivity contribution in [3.8, 4) is 5.75 Å². The van der Waals surface area contributed by atoms with E-state index in [1.807, 2.05) is 0 Å². The van der Waals surface area contributed by atoms with Gasteiger partial charge < -0.3 is 19.4 Å². The molecule has 1 aromatic carbocycles. The molecule has 0 atom stereocenters. The Bertz CT molecular complexity index is 732. The topological polar surface area (TPSA) is 71.6 Å². The number of carbonyl (C=O) groups excluding carboxylic acids is 1. The van der Waals surface area contributed by atoms with Crippen LogP contribution in [-0.4, -0.2) is 49.2 Å². The molecular weight excluding hydrogens is 272 g/mol. The summed E-state index contributed by atoms with van der Waals surface area (Å²) in [5.41, 5.74) is 0.551. The smallest absolute Gasteiger partial charge is 0.259 e. The summed E-state index contributed by atoms with van der Waals surface area (Å²) in [5.74, 6) is 0.405. The van der Waals surface area contributed by atoms with Crippen LogP contribution in [0.15, 0.2) is 29.2 Å². The van der Waals surface area contributed by atoms with Gasteiger partial charge in [0.2, 0.25) is 5.43 Å². The highest BCUT2D eigenvalue weighted by Gasteiger charge is 2.21. The molecule has 2 aromatic rings. The minimum absolute atomic E-state index is 0.162. The average molecular weight is 288 g/mol. The van der Waals surface area contributed by atoms with Crippen molar-refractivity contribution < 1.29 is 14.3 Å². The van der Waals surface area contributed by atoms with Crippen LogP contribution in [0, 0.1) is 0 Å². The Morgan fingerprint density at radius 2 is 2.10 bits per heavy atom. The third-order valence-electron chi connectivity index (χ3n) is 3.62. The van der Waals surface area contributed by atoms with Crippen LogP contribution in [0.1, 0.15) is 10.4 Å². The molecule has 1 aromatic heterocycles. The van der Waals surface area contributed by atoms with Gasteiger partial charge >= 0.3 is 0 Å². The quantitative estimate of drug-likeness (QED) is 0.895. The number of hydrogen-bond acceptors (Lipinski definition) is 4. The molecule has 1 amide bonds. The second kappa shape index (κ2) is 5.57. The van der Waals surface area contributed by atoms with Crippen LogP contribution in [0.2, 0.25) is 0 Å². The van der Waals surface area contributed by atoms with Crippen molar-refractivity contribution in [1.29, 1.82) is 0 Å². The Kier molecular flexibility index (Phi) is 3.62. The van der Waals surface area contributed by atoms with Gasteiger partial charge in [0.05, 0.1) is 25.8 Å². The normalized spacial score (nSPS) is 15.2. The van der Waals surface area contributed by atoms with Crippen molar-refractivity contribution in [2.75, 3.05) is 33.4 Å². The highest BCUT2D eigenvalue weighted by molar-refractivity contribution is 5.97. The first-order chi connectivity index (χ1) is 10.2. The number of morpholine rings is 1. The van der Waals surface area contributed by atoms with E-state index in [9.17, 15) is 9.59 Å². The van der Waals surface area contributed by atoms with Gasteiger partial charge in [-0.25, -0.2) is 0 Å². The van der Waals surface area contributed by atoms with E-state index in [4.69, 9.17) is 9.47 Å². The first-order valence-electron chi connectivity index (χ1n) is 6.77. The Labute approximate surface area is 121 Å². The number of pyridine rings is 1. The van der Waals surface area contributed by atoms with Crippen LogP contribution < -0.4 is 10.2 Å². The molecule has 1 aliphatic heterocycles. The van der Waals surface area contributed by atoms with E-state index in [1.165, 1.54) is 6.20 Å². The number of amides is 1. The van der Waals surface area contributed by atoms with E-state index in [0.29, 0.717) is 43.0 Å². The molecule has 1 saturated heterocycles. The van der Waals surface area contributed by atoms with Gasteiger partial charge in [-0.3, -0.25) is 9.59 Å². The number of nitrogens with zero attached hydrogens (tertiary/aromatic N) is 1. The third-order valence-corrected chi connectivity index (χ3v) is 3.62. The predicted octanol–water partition coefficient (Wildman–Crippen LogP) is 1.01. The monoisotopic (exact) mass is 288 g/mol. The van der Waals surface area contributed by atoms with E-state index < -0.39 is 0 Å². The van der Waals surface area contributed by atoms with Crippen LogP contribution in [0.5, 0.6) is 5.75 Å². The largest absolute Gasteiger partial charge is 0.497 e. The molecule has 6 nitrogen and oxygen atoms in total. The molecule has 1 aliphatic rings. The lowest BCUT2D eigenvalue weighted by atomic mass is 10.1. The molecule has 1 N–H and O–H groups in total. The van der Waals surface area contributed by atoms with Crippen molar-refractivity contribution in [3.05, 3.63) is 40.2 Å². The van der Waals surface area contributed by atoms with Crippen molar-refractivity contribution in [2.24, 2.45) is 0 Å². The van der Waals surface area contributed by atoms with E-state index in [2.05, 4.69) is 4.98 Å². The number of methoxy groups -OCH3 is 1. The maximum absolute atomic E-state index is 12.5. The number of H-pyrrole nitrogens is 1. The number of aromatic nitrogens is 1. The molecule has 0 bridgehead atoms. The molecular formula is C15H16N2O4. The summed E-state index contributed by atoms with van der Waals surface area (Å²) in [7, 11) is 1.57. The molecule has 3 rings (SSSR count). The number of ether oxygens (including phenoxy) is 2. The molecule has 110 valence electrons. The summed E-state index contributed by atoms with van der Waals surface area (Å²) >= 11 is 0. The number of aromatic amines is 1. The minimum Gasteiger partial charge on any atom is -0.497 e. The number of hydrogen-bond donors (Lipinski definition) is 1. The molecule has 0 saturated carbocycles. The van der Waals surface area contributed by atoms with Crippen LogP contribution in [-0.2, 0) is 4.74 Å². The number of carbonyl (C=O) groups is 1. The van der Waals surface area contributed by atoms with Gasteiger partial charge in [0.25, 0.3) is 5.91 Å². The maximum atomic E-state index is 12.5. The van der Waals surface area contributed by atoms with E-state index in [-0.39, 0.29) is 16.9 Å². The summed E-state index contributed by atoms with van der Waals surface area (Å²) in [6.07, 6.45) is 1.47. The highest BCUT2D eigenvalue weighted by Crippen LogP contribution is 2.17. The first kappa shape index (κ1) is 13.6. The molecule has 21 heavy (non-hydrogen) atoms. The number of fused-ring (bicyclic) bond motifs is 1. The fraction of sp³-hybridized carbons (Fsp3) is 0.333. The second-order valence-corrected chi connectivity index (χ2v) is 4.85. The number of benzene rings is 1. The highest BCUT2D eigenvalue weighted by atomic mass is 16.5. The zero-order valence-corrected chi connectivity index (χ0v) is 11.7. The van der Waals surface area contributed by atoms with Crippen LogP contribution in [0.25, 0.3) is 10.9 Å². The van der Waals surface area contributed by atoms with E-state index in [1.54, 1.807) is 30.2 Å². The number of rotatable bonds is 2. The maximum Gasteiger partial charge on any atom is 0.259 e. The van der Waals surface area contributed by atoms with Gasteiger partial charge in [-0.05, 0) is 12.1 Å². The van der Waals surface area contributed by atoms with Gasteiger partial charge in [-0.2, -0.15) is 0 Å². The summed E-state index contributed by atoms with van der Waals surface area (Å²) < 4.78 is 10.3. The zero-order chi connectivity index (χ0) is 14.8. The lowest BCUT2D eigenvalue weighted by molar-refractivity contribution is 0.0302. The minimum atomic E-state index is -0.261. The summed E-state index contributed by atoms with van der Waals surface area (Å²) in [5, 5.41) is 0.481. The number of nitrogens with one attached hydrogen (secondary N) is 1. The summed E-state index contributed by atoms with van der Waals surface area (Å²) in [6.45, 7) is 2.04. The van der Waals surface area contributed by atoms with E-state index in [0.717, 1.165) is 0 Å².